The van der Waals surface area contributed by atoms with Crippen LogP contribution < -0.4 is 15.2 Å². The standard InChI is InChI=1S/C14H21NO3/c1-9(2)10-6-13-14(18-5-3-4-17-13)7-11(10)12(15)8-16/h6-7,9,12,16H,3-5,8,15H2,1-2H3. The SMILES string of the molecule is CC(C)c1cc2c(cc1C(N)CO)OCCCO2. The van der Waals surface area contributed by atoms with E-state index in [0.29, 0.717) is 19.1 Å². The van der Waals surface area contributed by atoms with E-state index in [9.17, 15) is 5.11 Å². The molecule has 0 bridgehead atoms. The van der Waals surface area contributed by atoms with Crippen molar-refractivity contribution in [3.8, 4) is 11.5 Å². The van der Waals surface area contributed by atoms with Gasteiger partial charge >= 0.3 is 0 Å². The molecular formula is C14H21NO3. The average Bonchev–Trinajstić information content (AvgIpc) is 2.60. The molecule has 0 amide bonds. The van der Waals surface area contributed by atoms with E-state index in [1.165, 1.54) is 0 Å². The molecule has 1 aliphatic heterocycles. The fourth-order valence-electron chi connectivity index (χ4n) is 2.16. The van der Waals surface area contributed by atoms with Gasteiger partial charge in [0.1, 0.15) is 0 Å². The van der Waals surface area contributed by atoms with Gasteiger partial charge in [0.2, 0.25) is 0 Å². The Kier molecular flexibility index (Phi) is 4.09. The van der Waals surface area contributed by atoms with E-state index in [1.54, 1.807) is 0 Å². The molecule has 1 aliphatic rings. The molecule has 100 valence electrons. The van der Waals surface area contributed by atoms with Crippen LogP contribution in [0, 0.1) is 0 Å². The van der Waals surface area contributed by atoms with Gasteiger partial charge in [-0.3, -0.25) is 0 Å². The second kappa shape index (κ2) is 5.59. The van der Waals surface area contributed by atoms with E-state index in [-0.39, 0.29) is 12.6 Å². The number of ether oxygens (including phenoxy) is 2. The number of rotatable bonds is 3. The average molecular weight is 251 g/mol. The number of hydrogen-bond acceptors (Lipinski definition) is 4. The van der Waals surface area contributed by atoms with E-state index in [0.717, 1.165) is 29.0 Å². The number of nitrogens with two attached hydrogens (primary N) is 1. The summed E-state index contributed by atoms with van der Waals surface area (Å²) in [5.41, 5.74) is 8.01. The van der Waals surface area contributed by atoms with Crippen molar-refractivity contribution in [2.24, 2.45) is 5.73 Å². The van der Waals surface area contributed by atoms with Crippen LogP contribution in [0.4, 0.5) is 0 Å². The molecule has 0 fully saturated rings. The van der Waals surface area contributed by atoms with Gasteiger partial charge in [-0.15, -0.1) is 0 Å². The van der Waals surface area contributed by atoms with E-state index in [1.807, 2.05) is 12.1 Å². The Hall–Kier alpha value is -1.26. The van der Waals surface area contributed by atoms with Crippen LogP contribution in [-0.4, -0.2) is 24.9 Å². The van der Waals surface area contributed by atoms with Crippen molar-refractivity contribution in [3.63, 3.8) is 0 Å². The third kappa shape index (κ3) is 2.60. The molecule has 0 spiro atoms. The minimum Gasteiger partial charge on any atom is -0.490 e. The largest absolute Gasteiger partial charge is 0.490 e. The van der Waals surface area contributed by atoms with Crippen LogP contribution in [0.2, 0.25) is 0 Å². The van der Waals surface area contributed by atoms with Crippen molar-refractivity contribution in [3.05, 3.63) is 23.3 Å². The second-order valence-corrected chi connectivity index (χ2v) is 4.92. The normalized spacial score (nSPS) is 16.5. The Labute approximate surface area is 108 Å². The van der Waals surface area contributed by atoms with Gasteiger partial charge in [0.25, 0.3) is 0 Å². The maximum absolute atomic E-state index is 9.26. The summed E-state index contributed by atoms with van der Waals surface area (Å²) < 4.78 is 11.3. The van der Waals surface area contributed by atoms with E-state index < -0.39 is 0 Å². The highest BCUT2D eigenvalue weighted by molar-refractivity contribution is 5.49. The first-order valence-corrected chi connectivity index (χ1v) is 6.43. The van der Waals surface area contributed by atoms with Crippen LogP contribution in [0.5, 0.6) is 11.5 Å². The van der Waals surface area contributed by atoms with Gasteiger partial charge in [0, 0.05) is 6.42 Å². The lowest BCUT2D eigenvalue weighted by Gasteiger charge is -2.20. The number of aliphatic hydroxyl groups excluding tert-OH is 1. The van der Waals surface area contributed by atoms with Crippen LogP contribution in [0.1, 0.15) is 43.4 Å². The molecule has 0 aromatic heterocycles. The van der Waals surface area contributed by atoms with Crippen molar-refractivity contribution >= 4 is 0 Å². The number of fused-ring (bicyclic) bond motifs is 1. The Morgan fingerprint density at radius 3 is 2.22 bits per heavy atom. The summed E-state index contributed by atoms with van der Waals surface area (Å²) in [6.45, 7) is 5.47. The first-order chi connectivity index (χ1) is 8.63. The first kappa shape index (κ1) is 13.2. The fraction of sp³-hybridized carbons (Fsp3) is 0.571. The number of hydrogen-bond donors (Lipinski definition) is 2. The van der Waals surface area contributed by atoms with Gasteiger partial charge in [-0.2, -0.15) is 0 Å². The lowest BCUT2D eigenvalue weighted by Crippen LogP contribution is -2.17. The third-order valence-electron chi connectivity index (χ3n) is 3.17. The predicted octanol–water partition coefficient (Wildman–Crippen LogP) is 1.96. The zero-order valence-corrected chi connectivity index (χ0v) is 11.0. The van der Waals surface area contributed by atoms with Crippen LogP contribution in [0.3, 0.4) is 0 Å². The molecule has 1 aromatic carbocycles. The van der Waals surface area contributed by atoms with Gasteiger partial charge in [-0.1, -0.05) is 13.8 Å². The zero-order valence-electron chi connectivity index (χ0n) is 11.0. The van der Waals surface area contributed by atoms with E-state index in [2.05, 4.69) is 13.8 Å². The van der Waals surface area contributed by atoms with Crippen LogP contribution in [-0.2, 0) is 0 Å². The Balaban J connectivity index is 2.47. The molecule has 0 radical (unpaired) electrons. The molecule has 0 saturated carbocycles. The Morgan fingerprint density at radius 1 is 1.17 bits per heavy atom. The predicted molar refractivity (Wildman–Crippen MR) is 70.2 cm³/mol. The molecule has 1 heterocycles. The summed E-state index contributed by atoms with van der Waals surface area (Å²) in [5, 5.41) is 9.26. The highest BCUT2D eigenvalue weighted by atomic mass is 16.5. The fourth-order valence-corrected chi connectivity index (χ4v) is 2.16. The molecule has 1 aromatic rings. The maximum atomic E-state index is 9.26. The summed E-state index contributed by atoms with van der Waals surface area (Å²) >= 11 is 0. The van der Waals surface area contributed by atoms with Crippen molar-refractivity contribution in [2.45, 2.75) is 32.2 Å². The summed E-state index contributed by atoms with van der Waals surface area (Å²) in [6, 6.07) is 3.53. The van der Waals surface area contributed by atoms with Gasteiger partial charge < -0.3 is 20.3 Å². The van der Waals surface area contributed by atoms with Crippen molar-refractivity contribution in [1.29, 1.82) is 0 Å². The molecule has 0 saturated heterocycles. The summed E-state index contributed by atoms with van der Waals surface area (Å²) in [5.74, 6) is 1.84. The first-order valence-electron chi connectivity index (χ1n) is 6.43. The lowest BCUT2D eigenvalue weighted by atomic mass is 9.92. The molecule has 2 rings (SSSR count). The smallest absolute Gasteiger partial charge is 0.161 e. The van der Waals surface area contributed by atoms with E-state index >= 15 is 0 Å². The summed E-state index contributed by atoms with van der Waals surface area (Å²) in [4.78, 5) is 0. The van der Waals surface area contributed by atoms with Gasteiger partial charge in [-0.05, 0) is 29.2 Å². The molecule has 1 unspecified atom stereocenters. The quantitative estimate of drug-likeness (QED) is 0.862. The monoisotopic (exact) mass is 251 g/mol. The van der Waals surface area contributed by atoms with Gasteiger partial charge in [0.05, 0.1) is 25.9 Å². The van der Waals surface area contributed by atoms with Crippen LogP contribution >= 0.6 is 0 Å². The molecule has 18 heavy (non-hydrogen) atoms. The lowest BCUT2D eigenvalue weighted by molar-refractivity contribution is 0.266. The zero-order chi connectivity index (χ0) is 13.1. The summed E-state index contributed by atoms with van der Waals surface area (Å²) in [6.07, 6.45) is 0.882. The minimum atomic E-state index is -0.375. The molecular weight excluding hydrogens is 230 g/mol. The van der Waals surface area contributed by atoms with Crippen molar-refractivity contribution in [2.75, 3.05) is 19.8 Å². The van der Waals surface area contributed by atoms with Crippen molar-refractivity contribution in [1.82, 2.24) is 0 Å². The second-order valence-electron chi connectivity index (χ2n) is 4.92. The van der Waals surface area contributed by atoms with Crippen LogP contribution in [0.25, 0.3) is 0 Å². The molecule has 1 atom stereocenters. The van der Waals surface area contributed by atoms with Crippen LogP contribution in [0.15, 0.2) is 12.1 Å². The minimum absolute atomic E-state index is 0.0701. The highest BCUT2D eigenvalue weighted by Gasteiger charge is 2.19. The molecule has 4 nitrogen and oxygen atoms in total. The summed E-state index contributed by atoms with van der Waals surface area (Å²) in [7, 11) is 0. The molecule has 3 N–H and O–H groups in total. The topological polar surface area (TPSA) is 64.7 Å². The molecule has 0 aliphatic carbocycles. The maximum Gasteiger partial charge on any atom is 0.161 e. The Morgan fingerprint density at radius 2 is 1.72 bits per heavy atom. The number of aliphatic hydroxyl groups is 1. The highest BCUT2D eigenvalue weighted by Crippen LogP contribution is 2.37. The number of benzene rings is 1. The van der Waals surface area contributed by atoms with Gasteiger partial charge in [0.15, 0.2) is 11.5 Å². The van der Waals surface area contributed by atoms with E-state index in [4.69, 9.17) is 15.2 Å². The third-order valence-corrected chi connectivity index (χ3v) is 3.17. The van der Waals surface area contributed by atoms with Crippen molar-refractivity contribution < 1.29 is 14.6 Å². The Bertz CT molecular complexity index is 418. The molecule has 4 heteroatoms. The van der Waals surface area contributed by atoms with Gasteiger partial charge in [-0.25, -0.2) is 0 Å².